The third-order valence-corrected chi connectivity index (χ3v) is 9.40. The second-order valence-corrected chi connectivity index (χ2v) is 10.4. The number of carboxylic acids is 1. The number of rotatable bonds is 4. The van der Waals surface area contributed by atoms with Gasteiger partial charge in [0.1, 0.15) is 0 Å². The number of carboxylic acid groups (broad SMARTS) is 1. The minimum atomic E-state index is -1.03. The predicted octanol–water partition coefficient (Wildman–Crippen LogP) is 3.21. The highest BCUT2D eigenvalue weighted by molar-refractivity contribution is 5.68. The van der Waals surface area contributed by atoms with Crippen LogP contribution in [0.5, 0.6) is 0 Å². The standard InChI is InChI=1S/C22H35NO5/c1-20-8-6-16(24)11-14(20)3-4-18-17(20)7-9-21(2)15(5-10-22(18,21)27)12-23-28-13-19(25)26/h12,14-18,24,27H,3-11,13H2,1-2H3,(H,25,26)/b23-12+/t14-,15-,16+,17+,18-,20+,21-,22+/m1/s1. The van der Waals surface area contributed by atoms with Crippen molar-refractivity contribution < 1.29 is 25.0 Å². The summed E-state index contributed by atoms with van der Waals surface area (Å²) < 4.78 is 0. The fourth-order valence-corrected chi connectivity index (χ4v) is 7.69. The molecule has 0 aromatic rings. The molecule has 3 N–H and O–H groups in total. The molecule has 0 aliphatic heterocycles. The van der Waals surface area contributed by atoms with Crippen molar-refractivity contribution in [2.75, 3.05) is 6.61 Å². The molecule has 0 aromatic heterocycles. The van der Waals surface area contributed by atoms with E-state index >= 15 is 0 Å². The van der Waals surface area contributed by atoms with E-state index in [0.29, 0.717) is 17.8 Å². The number of carbonyl (C=O) groups is 1. The molecule has 6 nitrogen and oxygen atoms in total. The molecule has 0 bridgehead atoms. The monoisotopic (exact) mass is 393 g/mol. The van der Waals surface area contributed by atoms with E-state index in [4.69, 9.17) is 9.94 Å². The Hall–Kier alpha value is -1.14. The highest BCUT2D eigenvalue weighted by atomic mass is 16.6. The zero-order chi connectivity index (χ0) is 20.2. The lowest BCUT2D eigenvalue weighted by Crippen LogP contribution is -2.62. The van der Waals surface area contributed by atoms with Gasteiger partial charge >= 0.3 is 5.97 Å². The van der Waals surface area contributed by atoms with Crippen LogP contribution in [0, 0.1) is 34.5 Å². The quantitative estimate of drug-likeness (QED) is 0.503. The molecular weight excluding hydrogens is 358 g/mol. The van der Waals surface area contributed by atoms with Crippen LogP contribution in [0.25, 0.3) is 0 Å². The van der Waals surface area contributed by atoms with Gasteiger partial charge in [0.05, 0.1) is 11.7 Å². The maximum absolute atomic E-state index is 12.0. The maximum atomic E-state index is 12.0. The van der Waals surface area contributed by atoms with Crippen LogP contribution in [0.3, 0.4) is 0 Å². The lowest BCUT2D eigenvalue weighted by Gasteiger charge is -2.63. The van der Waals surface area contributed by atoms with Crippen LogP contribution >= 0.6 is 0 Å². The Balaban J connectivity index is 1.54. The van der Waals surface area contributed by atoms with Crippen LogP contribution in [0.15, 0.2) is 5.16 Å². The average molecular weight is 394 g/mol. The Morgan fingerprint density at radius 3 is 2.64 bits per heavy atom. The molecule has 0 spiro atoms. The van der Waals surface area contributed by atoms with E-state index in [1.165, 1.54) is 0 Å². The largest absolute Gasteiger partial charge is 0.479 e. The molecule has 158 valence electrons. The van der Waals surface area contributed by atoms with Crippen LogP contribution in [0.1, 0.15) is 71.6 Å². The Morgan fingerprint density at radius 1 is 1.11 bits per heavy atom. The molecule has 0 saturated heterocycles. The third-order valence-electron chi connectivity index (χ3n) is 9.40. The SMILES string of the molecule is C[C@]12CC[C@H](O)C[C@H]1CC[C@@H]1[C@@H]2CC[C@]2(C)[C@@H](/C=N/OCC(=O)O)CC[C@]12O. The Bertz CT molecular complexity index is 653. The van der Waals surface area contributed by atoms with E-state index in [1.807, 2.05) is 0 Å². The van der Waals surface area contributed by atoms with E-state index in [0.717, 1.165) is 57.8 Å². The van der Waals surface area contributed by atoms with Gasteiger partial charge < -0.3 is 20.2 Å². The Kier molecular flexibility index (Phi) is 5.02. The summed E-state index contributed by atoms with van der Waals surface area (Å²) in [5.41, 5.74) is -0.693. The van der Waals surface area contributed by atoms with E-state index < -0.39 is 18.2 Å². The van der Waals surface area contributed by atoms with Crippen molar-refractivity contribution in [3.63, 3.8) is 0 Å². The minimum Gasteiger partial charge on any atom is -0.479 e. The van der Waals surface area contributed by atoms with Crippen molar-refractivity contribution in [2.45, 2.75) is 83.3 Å². The predicted molar refractivity (Wildman–Crippen MR) is 105 cm³/mol. The van der Waals surface area contributed by atoms with Crippen molar-refractivity contribution in [1.29, 1.82) is 0 Å². The molecule has 0 heterocycles. The van der Waals surface area contributed by atoms with Gasteiger partial charge in [0.25, 0.3) is 0 Å². The van der Waals surface area contributed by atoms with Crippen LogP contribution in [0.2, 0.25) is 0 Å². The van der Waals surface area contributed by atoms with E-state index in [-0.39, 0.29) is 22.9 Å². The number of oxime groups is 1. The van der Waals surface area contributed by atoms with Gasteiger partial charge in [0.2, 0.25) is 6.61 Å². The van der Waals surface area contributed by atoms with Gasteiger partial charge in [-0.3, -0.25) is 0 Å². The van der Waals surface area contributed by atoms with Gasteiger partial charge in [-0.25, -0.2) is 4.79 Å². The first-order chi connectivity index (χ1) is 13.2. The number of aliphatic hydroxyl groups excluding tert-OH is 1. The van der Waals surface area contributed by atoms with E-state index in [9.17, 15) is 15.0 Å². The van der Waals surface area contributed by atoms with Gasteiger partial charge in [-0.05, 0) is 81.0 Å². The second kappa shape index (κ2) is 6.98. The number of hydrogen-bond acceptors (Lipinski definition) is 5. The van der Waals surface area contributed by atoms with Crippen LogP contribution in [-0.2, 0) is 9.63 Å². The van der Waals surface area contributed by atoms with Crippen molar-refractivity contribution >= 4 is 12.2 Å². The first-order valence-corrected chi connectivity index (χ1v) is 11.0. The Labute approximate surface area is 167 Å². The summed E-state index contributed by atoms with van der Waals surface area (Å²) in [6.45, 7) is 4.18. The molecule has 8 atom stereocenters. The summed E-state index contributed by atoms with van der Waals surface area (Å²) in [7, 11) is 0. The van der Waals surface area contributed by atoms with Crippen molar-refractivity contribution in [3.8, 4) is 0 Å². The van der Waals surface area contributed by atoms with Crippen molar-refractivity contribution in [2.24, 2.45) is 39.7 Å². The van der Waals surface area contributed by atoms with E-state index in [2.05, 4.69) is 19.0 Å². The zero-order valence-electron chi connectivity index (χ0n) is 17.1. The summed E-state index contributed by atoms with van der Waals surface area (Å²) in [6.07, 6.45) is 10.4. The summed E-state index contributed by atoms with van der Waals surface area (Å²) in [5.74, 6) is 0.492. The zero-order valence-corrected chi connectivity index (χ0v) is 17.1. The molecule has 6 heteroatoms. The molecule has 4 aliphatic carbocycles. The summed E-state index contributed by atoms with van der Waals surface area (Å²) in [5, 5.41) is 34.8. The van der Waals surface area contributed by atoms with Gasteiger partial charge in [-0.15, -0.1) is 0 Å². The number of aliphatic hydroxyl groups is 2. The Morgan fingerprint density at radius 2 is 1.89 bits per heavy atom. The first kappa shape index (κ1) is 20.1. The highest BCUT2D eigenvalue weighted by Crippen LogP contribution is 2.68. The van der Waals surface area contributed by atoms with Gasteiger partial charge in [0, 0.05) is 17.5 Å². The summed E-state index contributed by atoms with van der Waals surface area (Å²) >= 11 is 0. The highest BCUT2D eigenvalue weighted by Gasteiger charge is 2.66. The number of fused-ring (bicyclic) bond motifs is 5. The summed E-state index contributed by atoms with van der Waals surface area (Å²) in [6, 6.07) is 0. The molecule has 0 amide bonds. The molecule has 0 unspecified atom stereocenters. The van der Waals surface area contributed by atoms with Crippen LogP contribution in [0.4, 0.5) is 0 Å². The molecule has 4 aliphatic rings. The molecule has 4 saturated carbocycles. The second-order valence-electron chi connectivity index (χ2n) is 10.4. The molecule has 4 fully saturated rings. The fraction of sp³-hybridized carbons (Fsp3) is 0.909. The maximum Gasteiger partial charge on any atom is 0.344 e. The number of nitrogens with zero attached hydrogens (tertiary/aromatic N) is 1. The normalized spacial score (nSPS) is 50.6. The van der Waals surface area contributed by atoms with Crippen LogP contribution < -0.4 is 0 Å². The molecule has 28 heavy (non-hydrogen) atoms. The fourth-order valence-electron chi connectivity index (χ4n) is 7.69. The minimum absolute atomic E-state index is 0.117. The molecule has 0 aromatic carbocycles. The first-order valence-electron chi connectivity index (χ1n) is 11.0. The number of hydrogen-bond donors (Lipinski definition) is 3. The molecule has 0 radical (unpaired) electrons. The summed E-state index contributed by atoms with van der Waals surface area (Å²) in [4.78, 5) is 15.5. The smallest absolute Gasteiger partial charge is 0.344 e. The van der Waals surface area contributed by atoms with E-state index in [1.54, 1.807) is 6.21 Å². The van der Waals surface area contributed by atoms with Crippen molar-refractivity contribution in [3.05, 3.63) is 0 Å². The lowest BCUT2D eigenvalue weighted by atomic mass is 9.43. The average Bonchev–Trinajstić information content (AvgIpc) is 2.90. The molecular formula is C22H35NO5. The molecule has 4 rings (SSSR count). The van der Waals surface area contributed by atoms with Gasteiger partial charge in [-0.2, -0.15) is 0 Å². The van der Waals surface area contributed by atoms with Gasteiger partial charge in [-0.1, -0.05) is 19.0 Å². The lowest BCUT2D eigenvalue weighted by molar-refractivity contribution is -0.206. The third kappa shape index (κ3) is 2.90. The number of aliphatic carboxylic acids is 1. The van der Waals surface area contributed by atoms with Gasteiger partial charge in [0.15, 0.2) is 0 Å². The van der Waals surface area contributed by atoms with Crippen molar-refractivity contribution in [1.82, 2.24) is 0 Å². The topological polar surface area (TPSA) is 99.4 Å². The van der Waals surface area contributed by atoms with Crippen LogP contribution in [-0.4, -0.2) is 45.8 Å².